The number of rotatable bonds is 6. The van der Waals surface area contributed by atoms with Crippen LogP contribution in [0.25, 0.3) is 0 Å². The van der Waals surface area contributed by atoms with Crippen LogP contribution >= 0.6 is 0 Å². The molecule has 0 saturated carbocycles. The molecule has 1 unspecified atom stereocenters. The normalized spacial score (nSPS) is 12.4. The predicted octanol–water partition coefficient (Wildman–Crippen LogP) is 0.0635. The Morgan fingerprint density at radius 1 is 1.22 bits per heavy atom. The van der Waals surface area contributed by atoms with E-state index in [2.05, 4.69) is 16.0 Å². The zero-order valence-electron chi connectivity index (χ0n) is 11.2. The SMILES string of the molecule is CCC(CC)(NC(=O)NC(C)C(=O)NC)C(=O)O. The molecule has 0 aliphatic heterocycles. The molecular formula is C11H21N3O4. The van der Waals surface area contributed by atoms with Crippen molar-refractivity contribution in [1.82, 2.24) is 16.0 Å². The molecule has 4 N–H and O–H groups in total. The lowest BCUT2D eigenvalue weighted by molar-refractivity contribution is -0.144. The molecule has 0 aliphatic rings. The molecule has 0 aliphatic carbocycles. The van der Waals surface area contributed by atoms with Crippen molar-refractivity contribution in [3.8, 4) is 0 Å². The molecule has 0 rings (SSSR count). The van der Waals surface area contributed by atoms with E-state index in [0.717, 1.165) is 0 Å². The van der Waals surface area contributed by atoms with Gasteiger partial charge < -0.3 is 21.1 Å². The smallest absolute Gasteiger partial charge is 0.329 e. The van der Waals surface area contributed by atoms with Gasteiger partial charge in [-0.05, 0) is 19.8 Å². The summed E-state index contributed by atoms with van der Waals surface area (Å²) in [5, 5.41) is 16.3. The van der Waals surface area contributed by atoms with Crippen LogP contribution in [-0.4, -0.2) is 41.6 Å². The van der Waals surface area contributed by atoms with Crippen LogP contribution < -0.4 is 16.0 Å². The van der Waals surface area contributed by atoms with E-state index < -0.39 is 23.6 Å². The van der Waals surface area contributed by atoms with Gasteiger partial charge in [0.25, 0.3) is 0 Å². The van der Waals surface area contributed by atoms with E-state index in [-0.39, 0.29) is 18.7 Å². The van der Waals surface area contributed by atoms with Crippen molar-refractivity contribution in [2.45, 2.75) is 45.2 Å². The van der Waals surface area contributed by atoms with Gasteiger partial charge >= 0.3 is 12.0 Å². The van der Waals surface area contributed by atoms with Crippen LogP contribution in [0.4, 0.5) is 4.79 Å². The summed E-state index contributed by atoms with van der Waals surface area (Å²) in [4.78, 5) is 34.0. The Labute approximate surface area is 106 Å². The summed E-state index contributed by atoms with van der Waals surface area (Å²) in [6, 6.07) is -1.40. The highest BCUT2D eigenvalue weighted by atomic mass is 16.4. The Bertz CT molecular complexity index is 326. The largest absolute Gasteiger partial charge is 0.480 e. The molecular weight excluding hydrogens is 238 g/mol. The average molecular weight is 259 g/mol. The highest BCUT2D eigenvalue weighted by molar-refractivity contribution is 5.89. The van der Waals surface area contributed by atoms with Gasteiger partial charge in [0.2, 0.25) is 5.91 Å². The lowest BCUT2D eigenvalue weighted by atomic mass is 9.93. The van der Waals surface area contributed by atoms with E-state index in [1.165, 1.54) is 14.0 Å². The molecule has 0 radical (unpaired) electrons. The van der Waals surface area contributed by atoms with E-state index in [1.54, 1.807) is 13.8 Å². The molecule has 18 heavy (non-hydrogen) atoms. The molecule has 0 saturated heterocycles. The minimum absolute atomic E-state index is 0.264. The lowest BCUT2D eigenvalue weighted by Crippen LogP contribution is -2.58. The summed E-state index contributed by atoms with van der Waals surface area (Å²) >= 11 is 0. The van der Waals surface area contributed by atoms with E-state index >= 15 is 0 Å². The third-order valence-corrected chi connectivity index (χ3v) is 2.96. The van der Waals surface area contributed by atoms with Gasteiger partial charge in [-0.2, -0.15) is 0 Å². The van der Waals surface area contributed by atoms with Crippen molar-refractivity contribution >= 4 is 17.9 Å². The number of nitrogens with one attached hydrogen (secondary N) is 3. The Hall–Kier alpha value is -1.79. The zero-order valence-corrected chi connectivity index (χ0v) is 11.2. The Kier molecular flexibility index (Phi) is 6.15. The van der Waals surface area contributed by atoms with Gasteiger partial charge in [0, 0.05) is 7.05 Å². The van der Waals surface area contributed by atoms with Crippen LogP contribution in [0.3, 0.4) is 0 Å². The van der Waals surface area contributed by atoms with Gasteiger partial charge in [-0.15, -0.1) is 0 Å². The molecule has 0 aromatic heterocycles. The van der Waals surface area contributed by atoms with Crippen LogP contribution in [0.2, 0.25) is 0 Å². The number of amides is 3. The van der Waals surface area contributed by atoms with Crippen LogP contribution in [0.1, 0.15) is 33.6 Å². The molecule has 0 aromatic rings. The summed E-state index contributed by atoms with van der Waals surface area (Å²) in [7, 11) is 1.46. The van der Waals surface area contributed by atoms with Crippen LogP contribution in [0.5, 0.6) is 0 Å². The second kappa shape index (κ2) is 6.83. The quantitative estimate of drug-likeness (QED) is 0.541. The summed E-state index contributed by atoms with van der Waals surface area (Å²) in [5.74, 6) is -1.44. The van der Waals surface area contributed by atoms with Gasteiger partial charge in [0.1, 0.15) is 11.6 Å². The Morgan fingerprint density at radius 2 is 1.72 bits per heavy atom. The van der Waals surface area contributed by atoms with Crippen molar-refractivity contribution in [3.05, 3.63) is 0 Å². The number of carbonyl (C=O) groups excluding carboxylic acids is 2. The Morgan fingerprint density at radius 3 is 2.06 bits per heavy atom. The highest BCUT2D eigenvalue weighted by Gasteiger charge is 2.36. The van der Waals surface area contributed by atoms with Crippen molar-refractivity contribution in [2.75, 3.05) is 7.05 Å². The van der Waals surface area contributed by atoms with E-state index in [9.17, 15) is 14.4 Å². The third kappa shape index (κ3) is 3.90. The summed E-state index contributed by atoms with van der Waals surface area (Å²) in [6.45, 7) is 4.87. The maximum atomic E-state index is 11.6. The van der Waals surface area contributed by atoms with Crippen molar-refractivity contribution in [2.24, 2.45) is 0 Å². The summed E-state index contributed by atoms with van der Waals surface area (Å²) in [6.07, 6.45) is 0.529. The number of carboxylic acids is 1. The number of hydrogen-bond acceptors (Lipinski definition) is 3. The van der Waals surface area contributed by atoms with Crippen LogP contribution in [0.15, 0.2) is 0 Å². The molecule has 104 valence electrons. The minimum Gasteiger partial charge on any atom is -0.480 e. The zero-order chi connectivity index (χ0) is 14.3. The number of carbonyl (C=O) groups is 3. The number of carboxylic acid groups (broad SMARTS) is 1. The molecule has 0 heterocycles. The van der Waals surface area contributed by atoms with Gasteiger partial charge in [0.15, 0.2) is 0 Å². The first-order valence-electron chi connectivity index (χ1n) is 5.86. The monoisotopic (exact) mass is 259 g/mol. The van der Waals surface area contributed by atoms with E-state index in [4.69, 9.17) is 5.11 Å². The summed E-state index contributed by atoms with van der Waals surface area (Å²) < 4.78 is 0. The van der Waals surface area contributed by atoms with E-state index in [0.29, 0.717) is 0 Å². The first kappa shape index (κ1) is 16.2. The van der Waals surface area contributed by atoms with Crippen molar-refractivity contribution < 1.29 is 19.5 Å². The van der Waals surface area contributed by atoms with Gasteiger partial charge in [-0.25, -0.2) is 9.59 Å². The number of aliphatic carboxylic acids is 1. The van der Waals surface area contributed by atoms with Gasteiger partial charge in [0.05, 0.1) is 0 Å². The highest BCUT2D eigenvalue weighted by Crippen LogP contribution is 2.15. The van der Waals surface area contributed by atoms with E-state index in [1.807, 2.05) is 0 Å². The molecule has 0 spiro atoms. The van der Waals surface area contributed by atoms with Crippen molar-refractivity contribution in [1.29, 1.82) is 0 Å². The van der Waals surface area contributed by atoms with Crippen LogP contribution in [0, 0.1) is 0 Å². The fraction of sp³-hybridized carbons (Fsp3) is 0.727. The maximum absolute atomic E-state index is 11.6. The minimum atomic E-state index is -1.30. The second-order valence-electron chi connectivity index (χ2n) is 4.03. The standard InChI is InChI=1S/C11H21N3O4/c1-5-11(6-2,9(16)17)14-10(18)13-7(3)8(15)12-4/h7H,5-6H2,1-4H3,(H,12,15)(H,16,17)(H2,13,14,18). The van der Waals surface area contributed by atoms with Crippen LogP contribution in [-0.2, 0) is 9.59 Å². The molecule has 1 atom stereocenters. The Balaban J connectivity index is 4.63. The molecule has 3 amide bonds. The third-order valence-electron chi connectivity index (χ3n) is 2.96. The topological polar surface area (TPSA) is 108 Å². The fourth-order valence-electron chi connectivity index (χ4n) is 1.51. The molecule has 0 fully saturated rings. The van der Waals surface area contributed by atoms with Gasteiger partial charge in [-0.3, -0.25) is 4.79 Å². The molecule has 0 bridgehead atoms. The number of likely N-dealkylation sites (N-methyl/N-ethyl adjacent to an activating group) is 1. The molecule has 7 nitrogen and oxygen atoms in total. The van der Waals surface area contributed by atoms with Gasteiger partial charge in [-0.1, -0.05) is 13.8 Å². The number of urea groups is 1. The summed E-state index contributed by atoms with van der Waals surface area (Å²) in [5.41, 5.74) is -1.30. The average Bonchev–Trinajstić information content (AvgIpc) is 2.34. The number of hydrogen-bond donors (Lipinski definition) is 4. The maximum Gasteiger partial charge on any atom is 0.329 e. The second-order valence-corrected chi connectivity index (χ2v) is 4.03. The predicted molar refractivity (Wildman–Crippen MR) is 66.1 cm³/mol. The molecule has 0 aromatic carbocycles. The van der Waals surface area contributed by atoms with Crippen molar-refractivity contribution in [3.63, 3.8) is 0 Å². The molecule has 7 heteroatoms. The first-order chi connectivity index (χ1) is 8.32. The first-order valence-corrected chi connectivity index (χ1v) is 5.86. The fourth-order valence-corrected chi connectivity index (χ4v) is 1.51. The lowest BCUT2D eigenvalue weighted by Gasteiger charge is -2.28.